The summed E-state index contributed by atoms with van der Waals surface area (Å²) >= 11 is 0. The smallest absolute Gasteiger partial charge is 0.266 e. The molecule has 1 unspecified atom stereocenters. The lowest BCUT2D eigenvalue weighted by molar-refractivity contribution is 0.0644. The predicted octanol–water partition coefficient (Wildman–Crippen LogP) is 4.27. The van der Waals surface area contributed by atoms with Crippen molar-refractivity contribution in [1.82, 2.24) is 19.4 Å². The number of rotatable bonds is 8. The highest BCUT2D eigenvalue weighted by Crippen LogP contribution is 2.34. The average Bonchev–Trinajstić information content (AvgIpc) is 3.39. The van der Waals surface area contributed by atoms with Gasteiger partial charge in [-0.05, 0) is 63.0 Å². The van der Waals surface area contributed by atoms with E-state index in [1.54, 1.807) is 28.8 Å². The molecule has 8 nitrogen and oxygen atoms in total. The third-order valence-electron chi connectivity index (χ3n) is 6.55. The van der Waals surface area contributed by atoms with E-state index in [-0.39, 0.29) is 18.3 Å². The van der Waals surface area contributed by atoms with Crippen LogP contribution in [0.1, 0.15) is 35.6 Å². The highest BCUT2D eigenvalue weighted by molar-refractivity contribution is 5.95. The van der Waals surface area contributed by atoms with Crippen LogP contribution in [0.15, 0.2) is 77.6 Å². The number of aromatic nitrogens is 2. The molecule has 1 atom stereocenters. The summed E-state index contributed by atoms with van der Waals surface area (Å²) < 4.78 is 12.6. The molecule has 0 bridgehead atoms. The molecule has 0 spiro atoms. The van der Waals surface area contributed by atoms with Gasteiger partial charge < -0.3 is 19.3 Å². The van der Waals surface area contributed by atoms with Gasteiger partial charge in [-0.1, -0.05) is 37.3 Å². The highest BCUT2D eigenvalue weighted by atomic mass is 16.7. The van der Waals surface area contributed by atoms with Gasteiger partial charge in [0.15, 0.2) is 11.5 Å². The van der Waals surface area contributed by atoms with Gasteiger partial charge in [0.1, 0.15) is 5.82 Å². The Hall–Kier alpha value is -4.17. The fourth-order valence-electron chi connectivity index (χ4n) is 4.64. The Morgan fingerprint density at radius 3 is 2.46 bits per heavy atom. The molecule has 2 heterocycles. The Labute approximate surface area is 215 Å². The Balaban J connectivity index is 1.67. The minimum Gasteiger partial charge on any atom is -0.454 e. The first kappa shape index (κ1) is 24.5. The Morgan fingerprint density at radius 2 is 1.70 bits per heavy atom. The maximum Gasteiger partial charge on any atom is 0.266 e. The zero-order valence-corrected chi connectivity index (χ0v) is 21.3. The summed E-state index contributed by atoms with van der Waals surface area (Å²) in [6, 6.07) is 21.6. The molecule has 1 aliphatic heterocycles. The Kier molecular flexibility index (Phi) is 6.92. The van der Waals surface area contributed by atoms with Gasteiger partial charge in [-0.15, -0.1) is 0 Å². The van der Waals surface area contributed by atoms with Gasteiger partial charge >= 0.3 is 0 Å². The van der Waals surface area contributed by atoms with Crippen LogP contribution in [0.5, 0.6) is 11.5 Å². The molecule has 0 N–H and O–H groups in total. The quantitative estimate of drug-likeness (QED) is 0.361. The fraction of sp³-hybridized carbons (Fsp3) is 0.276. The lowest BCUT2D eigenvalue weighted by Crippen LogP contribution is -2.41. The summed E-state index contributed by atoms with van der Waals surface area (Å²) in [6.45, 7) is 3.25. The van der Waals surface area contributed by atoms with Gasteiger partial charge in [0.25, 0.3) is 11.5 Å². The molecule has 37 heavy (non-hydrogen) atoms. The third-order valence-corrected chi connectivity index (χ3v) is 6.55. The van der Waals surface area contributed by atoms with E-state index >= 15 is 0 Å². The molecule has 0 radical (unpaired) electrons. The predicted molar refractivity (Wildman–Crippen MR) is 143 cm³/mol. The first-order valence-electron chi connectivity index (χ1n) is 12.4. The van der Waals surface area contributed by atoms with Crippen molar-refractivity contribution in [2.45, 2.75) is 19.4 Å². The average molecular weight is 499 g/mol. The molecule has 1 aliphatic rings. The van der Waals surface area contributed by atoms with Crippen molar-refractivity contribution in [2.75, 3.05) is 34.0 Å². The number of hydrogen-bond donors (Lipinski definition) is 0. The van der Waals surface area contributed by atoms with E-state index in [1.807, 2.05) is 79.3 Å². The topological polar surface area (TPSA) is 76.9 Å². The second-order valence-corrected chi connectivity index (χ2v) is 9.26. The van der Waals surface area contributed by atoms with Crippen molar-refractivity contribution < 1.29 is 14.3 Å². The van der Waals surface area contributed by atoms with E-state index in [0.29, 0.717) is 59.0 Å². The molecule has 3 aromatic carbocycles. The van der Waals surface area contributed by atoms with Gasteiger partial charge in [-0.25, -0.2) is 4.98 Å². The van der Waals surface area contributed by atoms with Crippen LogP contribution in [0.3, 0.4) is 0 Å². The van der Waals surface area contributed by atoms with E-state index in [4.69, 9.17) is 14.5 Å². The van der Waals surface area contributed by atoms with Crippen LogP contribution in [0.4, 0.5) is 0 Å². The van der Waals surface area contributed by atoms with Crippen molar-refractivity contribution in [3.05, 3.63) is 94.5 Å². The van der Waals surface area contributed by atoms with Crippen molar-refractivity contribution in [2.24, 2.45) is 0 Å². The molecule has 0 saturated heterocycles. The molecule has 1 aromatic heterocycles. The standard InChI is InChI=1S/C29H30N4O4/c1-4-24(32(17-16-31(2)3)28(34)20-14-15-25-26(18-20)37-19-36-25)27-30-23-13-9-8-12-22(23)29(35)33(27)21-10-6-5-7-11-21/h5-15,18,24H,4,16-17,19H2,1-3H3. The van der Waals surface area contributed by atoms with Gasteiger partial charge in [-0.2, -0.15) is 0 Å². The number of hydrogen-bond acceptors (Lipinski definition) is 6. The summed E-state index contributed by atoms with van der Waals surface area (Å²) in [6.07, 6.45) is 0.571. The van der Waals surface area contributed by atoms with E-state index in [9.17, 15) is 9.59 Å². The molecule has 4 aromatic rings. The minimum atomic E-state index is -0.449. The van der Waals surface area contributed by atoms with Crippen LogP contribution in [0, 0.1) is 0 Å². The molecule has 0 fully saturated rings. The lowest BCUT2D eigenvalue weighted by atomic mass is 10.1. The van der Waals surface area contributed by atoms with Crippen molar-refractivity contribution >= 4 is 16.8 Å². The van der Waals surface area contributed by atoms with E-state index < -0.39 is 6.04 Å². The van der Waals surface area contributed by atoms with Gasteiger partial charge in [0.2, 0.25) is 6.79 Å². The second kappa shape index (κ2) is 10.4. The number of carbonyl (C=O) groups excluding carboxylic acids is 1. The monoisotopic (exact) mass is 498 g/mol. The zero-order valence-electron chi connectivity index (χ0n) is 21.3. The zero-order chi connectivity index (χ0) is 25.9. The minimum absolute atomic E-state index is 0.138. The molecular formula is C29H30N4O4. The first-order chi connectivity index (χ1) is 18.0. The molecule has 1 amide bonds. The Bertz CT molecular complexity index is 1480. The number of carbonyl (C=O) groups is 1. The summed E-state index contributed by atoms with van der Waals surface area (Å²) in [7, 11) is 3.94. The van der Waals surface area contributed by atoms with Gasteiger partial charge in [-0.3, -0.25) is 14.2 Å². The summed E-state index contributed by atoms with van der Waals surface area (Å²) in [5.74, 6) is 1.55. The molecule has 0 aliphatic carbocycles. The third kappa shape index (κ3) is 4.80. The maximum absolute atomic E-state index is 14.0. The largest absolute Gasteiger partial charge is 0.454 e. The van der Waals surface area contributed by atoms with E-state index in [2.05, 4.69) is 0 Å². The number of amides is 1. The van der Waals surface area contributed by atoms with Crippen LogP contribution in [-0.2, 0) is 0 Å². The maximum atomic E-state index is 14.0. The van der Waals surface area contributed by atoms with Crippen LogP contribution in [0.2, 0.25) is 0 Å². The van der Waals surface area contributed by atoms with E-state index in [0.717, 1.165) is 0 Å². The number of benzene rings is 3. The fourth-order valence-corrected chi connectivity index (χ4v) is 4.64. The van der Waals surface area contributed by atoms with Crippen LogP contribution >= 0.6 is 0 Å². The number of likely N-dealkylation sites (N-methyl/N-ethyl adjacent to an activating group) is 1. The number of para-hydroxylation sites is 2. The highest BCUT2D eigenvalue weighted by Gasteiger charge is 2.30. The van der Waals surface area contributed by atoms with Crippen molar-refractivity contribution in [3.63, 3.8) is 0 Å². The molecular weight excluding hydrogens is 468 g/mol. The first-order valence-corrected chi connectivity index (χ1v) is 12.4. The molecule has 0 saturated carbocycles. The van der Waals surface area contributed by atoms with Crippen molar-refractivity contribution in [3.8, 4) is 17.2 Å². The SMILES string of the molecule is CCC(c1nc2ccccc2c(=O)n1-c1ccccc1)N(CCN(C)C)C(=O)c1ccc2c(c1)OCO2. The summed E-state index contributed by atoms with van der Waals surface area (Å²) in [5.41, 5.74) is 1.66. The number of fused-ring (bicyclic) bond motifs is 2. The molecule has 190 valence electrons. The van der Waals surface area contributed by atoms with E-state index in [1.165, 1.54) is 0 Å². The van der Waals surface area contributed by atoms with Crippen LogP contribution < -0.4 is 15.0 Å². The summed E-state index contributed by atoms with van der Waals surface area (Å²) in [5, 5.41) is 0.534. The van der Waals surface area contributed by atoms with Crippen LogP contribution in [0.25, 0.3) is 16.6 Å². The van der Waals surface area contributed by atoms with Crippen molar-refractivity contribution in [1.29, 1.82) is 0 Å². The number of ether oxygens (including phenoxy) is 2. The second-order valence-electron chi connectivity index (χ2n) is 9.26. The molecule has 5 rings (SSSR count). The van der Waals surface area contributed by atoms with Gasteiger partial charge in [0, 0.05) is 18.7 Å². The summed E-state index contributed by atoms with van der Waals surface area (Å²) in [4.78, 5) is 36.7. The Morgan fingerprint density at radius 1 is 0.973 bits per heavy atom. The van der Waals surface area contributed by atoms with Gasteiger partial charge in [0.05, 0.1) is 22.6 Å². The van der Waals surface area contributed by atoms with Crippen LogP contribution in [-0.4, -0.2) is 59.2 Å². The number of nitrogens with zero attached hydrogens (tertiary/aromatic N) is 4. The normalized spacial score (nSPS) is 13.2. The lowest BCUT2D eigenvalue weighted by Gasteiger charge is -2.33. The molecule has 8 heteroatoms.